The number of amides is 1. The van der Waals surface area contributed by atoms with Crippen LogP contribution in [0.5, 0.6) is 0 Å². The van der Waals surface area contributed by atoms with Crippen molar-refractivity contribution in [2.75, 3.05) is 11.4 Å². The number of benzene rings is 1. The normalized spacial score (nSPS) is 20.1. The molecule has 0 spiro atoms. The Morgan fingerprint density at radius 3 is 2.87 bits per heavy atom. The summed E-state index contributed by atoms with van der Waals surface area (Å²) in [5, 5.41) is 5.34. The van der Waals surface area contributed by atoms with Crippen molar-refractivity contribution in [2.24, 2.45) is 12.0 Å². The van der Waals surface area contributed by atoms with E-state index in [4.69, 9.17) is 0 Å². The van der Waals surface area contributed by atoms with E-state index in [9.17, 15) is 4.79 Å². The van der Waals surface area contributed by atoms with E-state index in [0.29, 0.717) is 0 Å². The van der Waals surface area contributed by atoms with E-state index in [1.807, 2.05) is 43.1 Å². The highest BCUT2D eigenvalue weighted by Crippen LogP contribution is 2.35. The Hall–Kier alpha value is -2.08. The van der Waals surface area contributed by atoms with Crippen LogP contribution in [0.2, 0.25) is 0 Å². The van der Waals surface area contributed by atoms with E-state index >= 15 is 0 Å². The predicted molar refractivity (Wildman–Crippen MR) is 93.5 cm³/mol. The number of thioether (sulfide) groups is 1. The van der Waals surface area contributed by atoms with E-state index in [0.717, 1.165) is 41.6 Å². The molecular weight excluding hydrogens is 308 g/mol. The molecule has 2 aliphatic rings. The zero-order chi connectivity index (χ0) is 16.0. The zero-order valence-corrected chi connectivity index (χ0v) is 14.0. The van der Waals surface area contributed by atoms with Gasteiger partial charge in [-0.1, -0.05) is 30.0 Å². The molecule has 6 heteroatoms. The number of aromatic nitrogens is 2. The van der Waals surface area contributed by atoms with Crippen molar-refractivity contribution in [3.05, 3.63) is 41.6 Å². The highest BCUT2D eigenvalue weighted by Gasteiger charge is 2.36. The molecular formula is C17H18N4OS. The monoisotopic (exact) mass is 326 g/mol. The van der Waals surface area contributed by atoms with Crippen LogP contribution in [0.4, 0.5) is 11.5 Å². The summed E-state index contributed by atoms with van der Waals surface area (Å²) in [6.07, 6.45) is 1.69. The molecule has 0 radical (unpaired) electrons. The number of carbonyl (C=O) groups excluding carboxylic acids is 1. The minimum absolute atomic E-state index is 0.0433. The van der Waals surface area contributed by atoms with Gasteiger partial charge in [0.25, 0.3) is 0 Å². The predicted octanol–water partition coefficient (Wildman–Crippen LogP) is 2.85. The smallest absolute Gasteiger partial charge is 0.241 e. The Balaban J connectivity index is 1.48. The molecule has 2 aromatic rings. The molecule has 1 aromatic heterocycles. The van der Waals surface area contributed by atoms with Gasteiger partial charge in [0.05, 0.1) is 21.7 Å². The molecule has 4 rings (SSSR count). The molecule has 2 aliphatic heterocycles. The molecule has 0 saturated carbocycles. The van der Waals surface area contributed by atoms with Crippen molar-refractivity contribution < 1.29 is 4.79 Å². The van der Waals surface area contributed by atoms with E-state index in [2.05, 4.69) is 16.2 Å². The van der Waals surface area contributed by atoms with Crippen LogP contribution in [-0.2, 0) is 18.3 Å². The first-order valence-corrected chi connectivity index (χ1v) is 8.64. The average molecular weight is 326 g/mol. The fourth-order valence-corrected chi connectivity index (χ4v) is 4.35. The quantitative estimate of drug-likeness (QED) is 0.853. The lowest BCUT2D eigenvalue weighted by Crippen LogP contribution is -2.30. The zero-order valence-electron chi connectivity index (χ0n) is 13.2. The number of hydrogen-bond acceptors (Lipinski definition) is 4. The molecule has 1 amide bonds. The molecule has 3 heterocycles. The van der Waals surface area contributed by atoms with Gasteiger partial charge in [0.15, 0.2) is 0 Å². The van der Waals surface area contributed by atoms with Crippen LogP contribution in [0.3, 0.4) is 0 Å². The van der Waals surface area contributed by atoms with Crippen molar-refractivity contribution in [3.63, 3.8) is 0 Å². The van der Waals surface area contributed by atoms with Gasteiger partial charge in [0.1, 0.15) is 5.82 Å². The number of nitrogens with zero attached hydrogens (tertiary/aromatic N) is 4. The maximum Gasteiger partial charge on any atom is 0.241 e. The van der Waals surface area contributed by atoms with E-state index in [1.165, 1.54) is 5.56 Å². The maximum absolute atomic E-state index is 12.7. The lowest BCUT2D eigenvalue weighted by atomic mass is 10.2. The second-order valence-electron chi connectivity index (χ2n) is 5.96. The summed E-state index contributed by atoms with van der Waals surface area (Å²) in [6, 6.07) is 10.1. The summed E-state index contributed by atoms with van der Waals surface area (Å²) in [5.74, 6) is 1.05. The largest absolute Gasteiger partial charge is 0.296 e. The molecule has 23 heavy (non-hydrogen) atoms. The van der Waals surface area contributed by atoms with Crippen LogP contribution < -0.4 is 4.90 Å². The van der Waals surface area contributed by atoms with Crippen LogP contribution in [0.25, 0.3) is 0 Å². The van der Waals surface area contributed by atoms with Gasteiger partial charge in [0, 0.05) is 26.1 Å². The molecule has 118 valence electrons. The topological polar surface area (TPSA) is 50.5 Å². The third-order valence-corrected chi connectivity index (χ3v) is 5.50. The van der Waals surface area contributed by atoms with Crippen molar-refractivity contribution in [2.45, 2.75) is 25.0 Å². The van der Waals surface area contributed by atoms with E-state index < -0.39 is 0 Å². The molecule has 1 fully saturated rings. The maximum atomic E-state index is 12.7. The average Bonchev–Trinajstić information content (AvgIpc) is 3.18. The molecule has 1 unspecified atom stereocenters. The van der Waals surface area contributed by atoms with Gasteiger partial charge in [-0.15, -0.1) is 0 Å². The molecule has 0 bridgehead atoms. The highest BCUT2D eigenvalue weighted by molar-refractivity contribution is 8.15. The molecule has 1 aromatic carbocycles. The van der Waals surface area contributed by atoms with Gasteiger partial charge < -0.3 is 0 Å². The van der Waals surface area contributed by atoms with Gasteiger partial charge in [-0.25, -0.2) is 4.99 Å². The van der Waals surface area contributed by atoms with Gasteiger partial charge in [-0.2, -0.15) is 5.10 Å². The van der Waals surface area contributed by atoms with Gasteiger partial charge >= 0.3 is 0 Å². The minimum atomic E-state index is -0.0433. The molecule has 1 saturated heterocycles. The van der Waals surface area contributed by atoms with Crippen LogP contribution in [0, 0.1) is 6.92 Å². The number of rotatable bonds is 2. The molecule has 0 aliphatic carbocycles. The molecule has 0 N–H and O–H groups in total. The first-order chi connectivity index (χ1) is 11.1. The highest BCUT2D eigenvalue weighted by atomic mass is 32.2. The van der Waals surface area contributed by atoms with Gasteiger partial charge in [-0.3, -0.25) is 14.4 Å². The van der Waals surface area contributed by atoms with Gasteiger partial charge in [0.2, 0.25) is 5.91 Å². The van der Waals surface area contributed by atoms with Crippen LogP contribution in [0.15, 0.2) is 35.3 Å². The summed E-state index contributed by atoms with van der Waals surface area (Å²) in [4.78, 5) is 19.2. The van der Waals surface area contributed by atoms with E-state index in [-0.39, 0.29) is 11.2 Å². The van der Waals surface area contributed by atoms with Crippen LogP contribution in [0.1, 0.15) is 17.7 Å². The number of hydrogen-bond donors (Lipinski definition) is 0. The lowest BCUT2D eigenvalue weighted by Gasteiger charge is -2.16. The summed E-state index contributed by atoms with van der Waals surface area (Å²) >= 11 is 1.62. The number of carbonyl (C=O) groups is 1. The number of anilines is 1. The van der Waals surface area contributed by atoms with Gasteiger partial charge in [-0.05, 0) is 25.0 Å². The Morgan fingerprint density at radius 2 is 2.13 bits per heavy atom. The Bertz CT molecular complexity index is 811. The van der Waals surface area contributed by atoms with Crippen molar-refractivity contribution >= 4 is 34.2 Å². The first-order valence-electron chi connectivity index (χ1n) is 7.76. The Labute approximate surface area is 139 Å². The third kappa shape index (κ3) is 2.57. The number of aliphatic imine (C=N–C) groups is 1. The van der Waals surface area contributed by atoms with Crippen molar-refractivity contribution in [1.82, 2.24) is 9.78 Å². The first kappa shape index (κ1) is 14.5. The fraction of sp³-hybridized carbons (Fsp3) is 0.353. The summed E-state index contributed by atoms with van der Waals surface area (Å²) in [7, 11) is 1.88. The second-order valence-corrected chi connectivity index (χ2v) is 7.24. The summed E-state index contributed by atoms with van der Waals surface area (Å²) in [5.41, 5.74) is 3.22. The Morgan fingerprint density at radius 1 is 1.30 bits per heavy atom. The van der Waals surface area contributed by atoms with Crippen molar-refractivity contribution in [1.29, 1.82) is 0 Å². The third-order valence-electron chi connectivity index (χ3n) is 4.27. The van der Waals surface area contributed by atoms with Crippen molar-refractivity contribution in [3.8, 4) is 0 Å². The number of aryl methyl sites for hydroxylation is 2. The second kappa shape index (κ2) is 5.53. The lowest BCUT2D eigenvalue weighted by molar-refractivity contribution is -0.116. The summed E-state index contributed by atoms with van der Waals surface area (Å²) in [6.45, 7) is 2.69. The fourth-order valence-electron chi connectivity index (χ4n) is 3.18. The molecule has 1 atom stereocenters. The van der Waals surface area contributed by atoms with E-state index in [1.54, 1.807) is 16.4 Å². The number of para-hydroxylation sites is 1. The SMILES string of the molecule is Cc1cc(N2CCC(SC3=Nc4ccccc4C3)C2=O)n(C)n1. The standard InChI is InChI=1S/C17H18N4OS/c1-11-9-16(20(2)19-11)21-8-7-14(17(21)22)23-15-10-12-5-3-4-6-13(12)18-15/h3-6,9,14H,7-8,10H2,1-2H3. The number of fused-ring (bicyclic) bond motifs is 1. The van der Waals surface area contributed by atoms with Crippen LogP contribution >= 0.6 is 11.8 Å². The van der Waals surface area contributed by atoms with Crippen LogP contribution in [-0.4, -0.2) is 32.5 Å². The Kier molecular flexibility index (Phi) is 3.49. The minimum Gasteiger partial charge on any atom is -0.296 e. The molecule has 5 nitrogen and oxygen atoms in total. The summed E-state index contributed by atoms with van der Waals surface area (Å²) < 4.78 is 1.78.